The van der Waals surface area contributed by atoms with Gasteiger partial charge in [0.05, 0.1) is 6.10 Å². The van der Waals surface area contributed by atoms with Gasteiger partial charge in [0.25, 0.3) is 0 Å². The van der Waals surface area contributed by atoms with Crippen molar-refractivity contribution in [2.24, 2.45) is 11.8 Å². The minimum Gasteiger partial charge on any atom is -0.453 e. The molecule has 0 radical (unpaired) electrons. The molecule has 1 aliphatic carbocycles. The molecule has 0 bridgehead atoms. The number of allylic oxidation sites excluding steroid dienone is 3. The summed E-state index contributed by atoms with van der Waals surface area (Å²) in [6.07, 6.45) is 15.8. The van der Waals surface area contributed by atoms with Crippen LogP contribution >= 0.6 is 0 Å². The number of benzene rings is 2. The molecule has 1 saturated carbocycles. The van der Waals surface area contributed by atoms with Crippen LogP contribution in [0.4, 0.5) is 0 Å². The molecular weight excluding hydrogens is 460 g/mol. The van der Waals surface area contributed by atoms with Gasteiger partial charge in [-0.25, -0.2) is 0 Å². The fourth-order valence-electron chi connectivity index (χ4n) is 4.97. The molecule has 1 fully saturated rings. The van der Waals surface area contributed by atoms with Crippen LogP contribution in [0, 0.1) is 11.8 Å². The van der Waals surface area contributed by atoms with Crippen LogP contribution in [-0.4, -0.2) is 23.0 Å². The predicted molar refractivity (Wildman–Crippen MR) is 149 cm³/mol. The second kappa shape index (κ2) is 16.0. The quantitative estimate of drug-likeness (QED) is 0.155. The Bertz CT molecular complexity index is 956. The summed E-state index contributed by atoms with van der Waals surface area (Å²) in [5.74, 6) is -0.314. The number of aliphatic hydroxyl groups is 1. The maximum absolute atomic E-state index is 12.6. The number of carbonyl (C=O) groups excluding carboxylic acids is 2. The van der Waals surface area contributed by atoms with Crippen molar-refractivity contribution in [3.05, 3.63) is 96.1 Å². The summed E-state index contributed by atoms with van der Waals surface area (Å²) in [7, 11) is 0. The van der Waals surface area contributed by atoms with Crippen molar-refractivity contribution in [3.8, 4) is 0 Å². The van der Waals surface area contributed by atoms with Crippen LogP contribution in [0.25, 0.3) is 0 Å². The maximum Gasteiger partial charge on any atom is 0.306 e. The van der Waals surface area contributed by atoms with Crippen LogP contribution in [-0.2, 0) is 14.3 Å². The van der Waals surface area contributed by atoms with Crippen LogP contribution in [0.15, 0.2) is 85.0 Å². The zero-order valence-electron chi connectivity index (χ0n) is 22.1. The number of aliphatic hydroxyl groups excluding tert-OH is 1. The zero-order valence-corrected chi connectivity index (χ0v) is 22.1. The standard InChI is InChI=1S/C33H42O4/c1-2-3-4-5-6-15-22-28-29(31(35)25-30(28)34)23-16-7-8-17-24-32(36)37-33(26-18-11-9-12-19-26)27-20-13-10-14-21-27/h7,9-16,18-22,28-30,33-34H,2-6,8,17,23-25H2,1H3/b16-7-,22-15+/t28-,29-,30-/m1/s1. The lowest BCUT2D eigenvalue weighted by atomic mass is 9.90. The minimum absolute atomic E-state index is 0.0915. The summed E-state index contributed by atoms with van der Waals surface area (Å²) in [4.78, 5) is 25.0. The van der Waals surface area contributed by atoms with Crippen molar-refractivity contribution in [1.29, 1.82) is 0 Å². The fraction of sp³-hybridized carbons (Fsp3) is 0.455. The van der Waals surface area contributed by atoms with Gasteiger partial charge >= 0.3 is 5.97 Å². The minimum atomic E-state index is -0.574. The van der Waals surface area contributed by atoms with Gasteiger partial charge in [-0.2, -0.15) is 0 Å². The predicted octanol–water partition coefficient (Wildman–Crippen LogP) is 7.53. The zero-order chi connectivity index (χ0) is 26.3. The molecule has 2 aromatic carbocycles. The van der Waals surface area contributed by atoms with Crippen molar-refractivity contribution in [2.45, 2.75) is 83.3 Å². The Balaban J connectivity index is 1.43. The van der Waals surface area contributed by atoms with E-state index in [1.807, 2.05) is 72.8 Å². The number of ether oxygens (including phenoxy) is 1. The molecule has 4 heteroatoms. The number of rotatable bonds is 15. The highest BCUT2D eigenvalue weighted by molar-refractivity contribution is 5.84. The van der Waals surface area contributed by atoms with E-state index in [0.717, 1.165) is 30.4 Å². The van der Waals surface area contributed by atoms with Gasteiger partial charge < -0.3 is 9.84 Å². The molecule has 2 aromatic rings. The molecule has 0 heterocycles. The van der Waals surface area contributed by atoms with Gasteiger partial charge in [0, 0.05) is 24.7 Å². The molecule has 37 heavy (non-hydrogen) atoms. The monoisotopic (exact) mass is 502 g/mol. The lowest BCUT2D eigenvalue weighted by Crippen LogP contribution is -2.17. The first kappa shape index (κ1) is 28.6. The molecule has 3 rings (SSSR count). The Morgan fingerprint density at radius 2 is 1.57 bits per heavy atom. The first-order valence-electron chi connectivity index (χ1n) is 13.9. The third-order valence-electron chi connectivity index (χ3n) is 7.08. The Morgan fingerprint density at radius 3 is 2.22 bits per heavy atom. The van der Waals surface area contributed by atoms with Gasteiger partial charge in [-0.05, 0) is 43.2 Å². The van der Waals surface area contributed by atoms with E-state index < -0.39 is 12.2 Å². The van der Waals surface area contributed by atoms with Crippen LogP contribution in [0.2, 0.25) is 0 Å². The van der Waals surface area contributed by atoms with Crippen LogP contribution < -0.4 is 0 Å². The van der Waals surface area contributed by atoms with E-state index in [1.54, 1.807) is 0 Å². The number of ketones is 1. The molecule has 0 saturated heterocycles. The van der Waals surface area contributed by atoms with E-state index in [9.17, 15) is 14.7 Å². The molecule has 0 amide bonds. The van der Waals surface area contributed by atoms with Gasteiger partial charge in [-0.1, -0.05) is 111 Å². The lowest BCUT2D eigenvalue weighted by molar-refractivity contribution is -0.147. The molecular formula is C33H42O4. The summed E-state index contributed by atoms with van der Waals surface area (Å²) >= 11 is 0. The Morgan fingerprint density at radius 1 is 0.919 bits per heavy atom. The smallest absolute Gasteiger partial charge is 0.306 e. The van der Waals surface area contributed by atoms with Gasteiger partial charge in [-0.15, -0.1) is 0 Å². The Kier molecular flexibility index (Phi) is 12.4. The normalized spacial score (nSPS) is 19.9. The molecule has 0 spiro atoms. The summed E-state index contributed by atoms with van der Waals surface area (Å²) in [5, 5.41) is 10.4. The fourth-order valence-corrected chi connectivity index (χ4v) is 4.97. The molecule has 0 unspecified atom stereocenters. The van der Waals surface area contributed by atoms with E-state index in [4.69, 9.17) is 4.74 Å². The number of esters is 1. The highest BCUT2D eigenvalue weighted by Crippen LogP contribution is 2.33. The van der Waals surface area contributed by atoms with Crippen LogP contribution in [0.1, 0.15) is 88.4 Å². The summed E-state index contributed by atoms with van der Waals surface area (Å²) in [6.45, 7) is 2.20. The molecule has 3 atom stereocenters. The van der Waals surface area contributed by atoms with Crippen molar-refractivity contribution < 1.29 is 19.4 Å². The van der Waals surface area contributed by atoms with E-state index in [0.29, 0.717) is 19.3 Å². The second-order valence-electron chi connectivity index (χ2n) is 9.99. The van der Waals surface area contributed by atoms with E-state index in [-0.39, 0.29) is 30.0 Å². The molecule has 0 aliphatic heterocycles. The Labute approximate surface area is 222 Å². The highest BCUT2D eigenvalue weighted by Gasteiger charge is 2.38. The Hall–Kier alpha value is -2.98. The SMILES string of the molecule is CCCCCC/C=C/[C@H]1[C@H](O)CC(=O)[C@@H]1C/C=C\CCCC(=O)OC(c1ccccc1)c1ccccc1. The molecule has 0 aromatic heterocycles. The number of unbranched alkanes of at least 4 members (excludes halogenated alkanes) is 5. The highest BCUT2D eigenvalue weighted by atomic mass is 16.5. The molecule has 1 N–H and O–H groups in total. The van der Waals surface area contributed by atoms with Crippen molar-refractivity contribution in [1.82, 2.24) is 0 Å². The van der Waals surface area contributed by atoms with E-state index in [2.05, 4.69) is 19.1 Å². The molecule has 198 valence electrons. The van der Waals surface area contributed by atoms with Crippen LogP contribution in [0.3, 0.4) is 0 Å². The van der Waals surface area contributed by atoms with E-state index in [1.165, 1.54) is 19.3 Å². The molecule has 1 aliphatic rings. The van der Waals surface area contributed by atoms with Gasteiger partial charge in [0.15, 0.2) is 6.10 Å². The van der Waals surface area contributed by atoms with Crippen molar-refractivity contribution >= 4 is 11.8 Å². The summed E-state index contributed by atoms with van der Waals surface area (Å²) < 4.78 is 5.88. The third kappa shape index (κ3) is 9.44. The number of hydrogen-bond donors (Lipinski definition) is 1. The number of hydrogen-bond acceptors (Lipinski definition) is 4. The maximum atomic E-state index is 12.6. The van der Waals surface area contributed by atoms with Gasteiger partial charge in [0.2, 0.25) is 0 Å². The average Bonchev–Trinajstić information content (AvgIpc) is 3.19. The topological polar surface area (TPSA) is 63.6 Å². The van der Waals surface area contributed by atoms with Crippen molar-refractivity contribution in [3.63, 3.8) is 0 Å². The first-order valence-corrected chi connectivity index (χ1v) is 13.9. The van der Waals surface area contributed by atoms with Gasteiger partial charge in [-0.3, -0.25) is 9.59 Å². The number of Topliss-reactive ketones (excluding diaryl/α,β-unsaturated/α-hetero) is 1. The van der Waals surface area contributed by atoms with Gasteiger partial charge in [0.1, 0.15) is 5.78 Å². The average molecular weight is 503 g/mol. The van der Waals surface area contributed by atoms with Crippen LogP contribution in [0.5, 0.6) is 0 Å². The second-order valence-corrected chi connectivity index (χ2v) is 9.99. The number of carbonyl (C=O) groups is 2. The summed E-state index contributed by atoms with van der Waals surface area (Å²) in [6, 6.07) is 19.6. The van der Waals surface area contributed by atoms with E-state index >= 15 is 0 Å². The van der Waals surface area contributed by atoms with Crippen molar-refractivity contribution in [2.75, 3.05) is 0 Å². The first-order chi connectivity index (χ1) is 18.1. The largest absolute Gasteiger partial charge is 0.453 e. The summed E-state index contributed by atoms with van der Waals surface area (Å²) in [5.41, 5.74) is 1.91. The lowest BCUT2D eigenvalue weighted by Gasteiger charge is -2.19. The molecule has 4 nitrogen and oxygen atoms in total. The third-order valence-corrected chi connectivity index (χ3v) is 7.08.